The van der Waals surface area contributed by atoms with Gasteiger partial charge in [-0.1, -0.05) is 25.4 Å². The second kappa shape index (κ2) is 6.28. The average molecular weight is 347 g/mol. The number of carboxylic acid groups (broad SMARTS) is 1. The van der Waals surface area contributed by atoms with Gasteiger partial charge in [0.05, 0.1) is 23.4 Å². The van der Waals surface area contributed by atoms with Crippen molar-refractivity contribution < 1.29 is 9.90 Å². The largest absolute Gasteiger partial charge is 0.476 e. The number of aryl methyl sites for hydroxylation is 1. The maximum atomic E-state index is 11.1. The molecule has 0 atom stereocenters. The summed E-state index contributed by atoms with van der Waals surface area (Å²) in [5.41, 5.74) is 3.60. The molecule has 24 heavy (non-hydrogen) atoms. The first kappa shape index (κ1) is 16.5. The number of aromatic nitrogens is 4. The molecule has 0 aromatic carbocycles. The van der Waals surface area contributed by atoms with Crippen molar-refractivity contribution in [1.29, 1.82) is 0 Å². The SMILES string of the molecule is Cc1cc(C(=O)O)nn1Cc1cc(Cl)cc2cc(CC(C)C)nn12. The Labute approximate surface area is 144 Å². The number of carbonyl (C=O) groups is 1. The number of halogens is 1. The monoisotopic (exact) mass is 346 g/mol. The molecule has 3 aromatic rings. The molecule has 0 radical (unpaired) electrons. The fourth-order valence-corrected chi connectivity index (χ4v) is 2.98. The summed E-state index contributed by atoms with van der Waals surface area (Å²) in [6.07, 6.45) is 0.892. The van der Waals surface area contributed by atoms with Crippen molar-refractivity contribution >= 4 is 23.1 Å². The molecule has 0 saturated heterocycles. The number of fused-ring (bicyclic) bond motifs is 1. The second-order valence-corrected chi connectivity index (χ2v) is 6.81. The van der Waals surface area contributed by atoms with Crippen LogP contribution in [-0.4, -0.2) is 30.5 Å². The van der Waals surface area contributed by atoms with Gasteiger partial charge in [0, 0.05) is 10.7 Å². The minimum absolute atomic E-state index is 0.0340. The Bertz CT molecular complexity index is 911. The van der Waals surface area contributed by atoms with Crippen LogP contribution >= 0.6 is 11.6 Å². The zero-order valence-electron chi connectivity index (χ0n) is 13.8. The highest BCUT2D eigenvalue weighted by atomic mass is 35.5. The molecule has 0 aliphatic heterocycles. The molecule has 0 spiro atoms. The summed E-state index contributed by atoms with van der Waals surface area (Å²) in [6.45, 7) is 6.53. The molecule has 0 unspecified atom stereocenters. The normalized spacial score (nSPS) is 11.5. The average Bonchev–Trinajstić information content (AvgIpc) is 3.02. The molecule has 7 heteroatoms. The first-order valence-electron chi connectivity index (χ1n) is 7.78. The Morgan fingerprint density at radius 2 is 2.00 bits per heavy atom. The van der Waals surface area contributed by atoms with Gasteiger partial charge in [0.1, 0.15) is 0 Å². The van der Waals surface area contributed by atoms with Gasteiger partial charge in [-0.15, -0.1) is 0 Å². The summed E-state index contributed by atoms with van der Waals surface area (Å²) < 4.78 is 3.50. The van der Waals surface area contributed by atoms with Crippen LogP contribution in [0, 0.1) is 12.8 Å². The number of rotatable bonds is 5. The van der Waals surface area contributed by atoms with Crippen LogP contribution in [0.4, 0.5) is 0 Å². The highest BCUT2D eigenvalue weighted by Gasteiger charge is 2.14. The van der Waals surface area contributed by atoms with Gasteiger partial charge in [-0.3, -0.25) is 4.68 Å². The molecule has 0 bridgehead atoms. The van der Waals surface area contributed by atoms with E-state index in [2.05, 4.69) is 24.0 Å². The van der Waals surface area contributed by atoms with Crippen LogP contribution in [0.3, 0.4) is 0 Å². The van der Waals surface area contributed by atoms with Crippen molar-refractivity contribution in [2.75, 3.05) is 0 Å². The fraction of sp³-hybridized carbons (Fsp3) is 0.353. The summed E-state index contributed by atoms with van der Waals surface area (Å²) in [6, 6.07) is 7.30. The van der Waals surface area contributed by atoms with Crippen LogP contribution < -0.4 is 0 Å². The van der Waals surface area contributed by atoms with Gasteiger partial charge in [0.2, 0.25) is 0 Å². The molecule has 1 N–H and O–H groups in total. The molecule has 3 aromatic heterocycles. The van der Waals surface area contributed by atoms with Crippen molar-refractivity contribution in [2.24, 2.45) is 5.92 Å². The van der Waals surface area contributed by atoms with Crippen LogP contribution in [0.2, 0.25) is 5.02 Å². The van der Waals surface area contributed by atoms with E-state index in [1.54, 1.807) is 10.7 Å². The number of carboxylic acids is 1. The molecular formula is C17H19ClN4O2. The summed E-state index contributed by atoms with van der Waals surface area (Å²) in [7, 11) is 0. The number of hydrogen-bond acceptors (Lipinski definition) is 3. The fourth-order valence-electron chi connectivity index (χ4n) is 2.74. The van der Waals surface area contributed by atoms with Crippen molar-refractivity contribution in [2.45, 2.75) is 33.7 Å². The third-order valence-corrected chi connectivity index (χ3v) is 4.00. The molecule has 0 fully saturated rings. The van der Waals surface area contributed by atoms with E-state index in [9.17, 15) is 4.79 Å². The van der Waals surface area contributed by atoms with Gasteiger partial charge in [0.15, 0.2) is 5.69 Å². The van der Waals surface area contributed by atoms with E-state index >= 15 is 0 Å². The Balaban J connectivity index is 2.02. The molecule has 0 amide bonds. The lowest BCUT2D eigenvalue weighted by atomic mass is 10.1. The first-order chi connectivity index (χ1) is 11.3. The van der Waals surface area contributed by atoms with E-state index in [0.29, 0.717) is 17.5 Å². The van der Waals surface area contributed by atoms with Crippen molar-refractivity contribution in [3.63, 3.8) is 0 Å². The van der Waals surface area contributed by atoms with E-state index in [1.165, 1.54) is 0 Å². The Morgan fingerprint density at radius 1 is 1.25 bits per heavy atom. The predicted molar refractivity (Wildman–Crippen MR) is 91.8 cm³/mol. The topological polar surface area (TPSA) is 72.4 Å². The predicted octanol–water partition coefficient (Wildman–Crippen LogP) is 3.44. The van der Waals surface area contributed by atoms with Crippen LogP contribution in [0.1, 0.15) is 41.4 Å². The third kappa shape index (κ3) is 3.28. The summed E-state index contributed by atoms with van der Waals surface area (Å²) in [5, 5.41) is 18.5. The molecule has 0 saturated carbocycles. The number of nitrogens with zero attached hydrogens (tertiary/aromatic N) is 4. The summed E-state index contributed by atoms with van der Waals surface area (Å²) >= 11 is 6.24. The maximum absolute atomic E-state index is 11.1. The van der Waals surface area contributed by atoms with Crippen LogP contribution in [0.15, 0.2) is 24.3 Å². The Morgan fingerprint density at radius 3 is 2.62 bits per heavy atom. The molecular weight excluding hydrogens is 328 g/mol. The van der Waals surface area contributed by atoms with E-state index < -0.39 is 5.97 Å². The van der Waals surface area contributed by atoms with Crippen LogP contribution in [-0.2, 0) is 13.0 Å². The van der Waals surface area contributed by atoms with Crippen molar-refractivity contribution in [1.82, 2.24) is 19.4 Å². The Hall–Kier alpha value is -2.34. The van der Waals surface area contributed by atoms with E-state index in [1.807, 2.05) is 29.6 Å². The van der Waals surface area contributed by atoms with Gasteiger partial charge in [0.25, 0.3) is 0 Å². The summed E-state index contributed by atoms with van der Waals surface area (Å²) in [4.78, 5) is 11.1. The number of aromatic carboxylic acids is 1. The lowest BCUT2D eigenvalue weighted by Gasteiger charge is -2.08. The van der Waals surface area contributed by atoms with Gasteiger partial charge >= 0.3 is 5.97 Å². The van der Waals surface area contributed by atoms with Gasteiger partial charge in [-0.05, 0) is 43.5 Å². The highest BCUT2D eigenvalue weighted by molar-refractivity contribution is 6.31. The minimum Gasteiger partial charge on any atom is -0.476 e. The van der Waals surface area contributed by atoms with Crippen LogP contribution in [0.5, 0.6) is 0 Å². The maximum Gasteiger partial charge on any atom is 0.356 e. The van der Waals surface area contributed by atoms with E-state index in [4.69, 9.17) is 16.7 Å². The zero-order chi connectivity index (χ0) is 17.4. The molecule has 3 heterocycles. The van der Waals surface area contributed by atoms with Crippen LogP contribution in [0.25, 0.3) is 5.52 Å². The zero-order valence-corrected chi connectivity index (χ0v) is 14.6. The molecule has 0 aliphatic carbocycles. The lowest BCUT2D eigenvalue weighted by molar-refractivity contribution is 0.0689. The van der Waals surface area contributed by atoms with Crippen molar-refractivity contribution in [3.05, 3.63) is 52.1 Å². The standard InChI is InChI=1S/C17H19ClN4O2/c1-10(2)4-13-8-14-6-12(18)7-15(22(14)19-13)9-21-11(3)5-16(20-21)17(23)24/h5-8,10H,4,9H2,1-3H3,(H,23,24). The molecule has 6 nitrogen and oxygen atoms in total. The smallest absolute Gasteiger partial charge is 0.356 e. The van der Waals surface area contributed by atoms with E-state index in [-0.39, 0.29) is 5.69 Å². The number of hydrogen-bond donors (Lipinski definition) is 1. The van der Waals surface area contributed by atoms with Gasteiger partial charge in [-0.25, -0.2) is 9.31 Å². The summed E-state index contributed by atoms with van der Waals surface area (Å²) in [5.74, 6) is -0.522. The molecule has 0 aliphatic rings. The van der Waals surface area contributed by atoms with Gasteiger partial charge < -0.3 is 5.11 Å². The number of pyridine rings is 1. The van der Waals surface area contributed by atoms with Gasteiger partial charge in [-0.2, -0.15) is 10.2 Å². The lowest BCUT2D eigenvalue weighted by Crippen LogP contribution is -2.10. The van der Waals surface area contributed by atoms with Crippen molar-refractivity contribution in [3.8, 4) is 0 Å². The molecule has 3 rings (SSSR count). The van der Waals surface area contributed by atoms with E-state index in [0.717, 1.165) is 29.0 Å². The second-order valence-electron chi connectivity index (χ2n) is 6.37. The quantitative estimate of drug-likeness (QED) is 0.768. The Kier molecular flexibility index (Phi) is 4.32. The highest BCUT2D eigenvalue weighted by Crippen LogP contribution is 2.20. The minimum atomic E-state index is -1.04. The first-order valence-corrected chi connectivity index (χ1v) is 8.16. The third-order valence-electron chi connectivity index (χ3n) is 3.78. The molecule has 126 valence electrons.